The Morgan fingerprint density at radius 2 is 1.77 bits per heavy atom. The Kier molecular flexibility index (Phi) is 7.05. The van der Waals surface area contributed by atoms with Gasteiger partial charge in [0.1, 0.15) is 10.8 Å². The Hall–Kier alpha value is -2.63. The molecule has 162 valence electrons. The lowest BCUT2D eigenvalue weighted by atomic mass is 9.95. The number of piperidine rings is 1. The van der Waals surface area contributed by atoms with Crippen LogP contribution >= 0.6 is 11.3 Å². The van der Waals surface area contributed by atoms with Crippen molar-refractivity contribution in [2.75, 3.05) is 25.5 Å². The van der Waals surface area contributed by atoms with E-state index in [1.54, 1.807) is 18.4 Å². The lowest BCUT2D eigenvalue weighted by Crippen LogP contribution is -2.34. The number of amides is 1. The Morgan fingerprint density at radius 1 is 1.06 bits per heavy atom. The largest absolute Gasteiger partial charge is 0.497 e. The second-order valence-corrected chi connectivity index (χ2v) is 9.08. The first kappa shape index (κ1) is 21.6. The molecule has 2 aromatic carbocycles. The summed E-state index contributed by atoms with van der Waals surface area (Å²) >= 11 is 1.69. The number of carbonyl (C=O) groups is 1. The minimum Gasteiger partial charge on any atom is -0.497 e. The maximum atomic E-state index is 12.9. The van der Waals surface area contributed by atoms with E-state index in [-0.39, 0.29) is 11.9 Å². The van der Waals surface area contributed by atoms with E-state index in [0.29, 0.717) is 5.56 Å². The molecule has 31 heavy (non-hydrogen) atoms. The molecule has 1 aromatic heterocycles. The highest BCUT2D eigenvalue weighted by Gasteiger charge is 2.28. The number of ether oxygens (including phenoxy) is 1. The number of benzene rings is 2. The van der Waals surface area contributed by atoms with Crippen LogP contribution in [0, 0.1) is 0 Å². The van der Waals surface area contributed by atoms with E-state index in [9.17, 15) is 4.79 Å². The predicted molar refractivity (Wildman–Crippen MR) is 128 cm³/mol. The predicted octanol–water partition coefficient (Wildman–Crippen LogP) is 6.15. The molecule has 1 fully saturated rings. The molecule has 2 heterocycles. The third-order valence-corrected chi connectivity index (χ3v) is 7.12. The van der Waals surface area contributed by atoms with Gasteiger partial charge in [-0.15, -0.1) is 11.3 Å². The average Bonchev–Trinajstić information content (AvgIpc) is 3.23. The van der Waals surface area contributed by atoms with Crippen molar-refractivity contribution < 1.29 is 9.53 Å². The maximum absolute atomic E-state index is 12.9. The van der Waals surface area contributed by atoms with Crippen molar-refractivity contribution in [1.29, 1.82) is 0 Å². The topological polar surface area (TPSA) is 41.6 Å². The number of nitrogens with one attached hydrogen (secondary N) is 1. The van der Waals surface area contributed by atoms with Crippen LogP contribution in [0.15, 0.2) is 60.7 Å². The summed E-state index contributed by atoms with van der Waals surface area (Å²) in [4.78, 5) is 16.8. The van der Waals surface area contributed by atoms with Gasteiger partial charge in [-0.25, -0.2) is 0 Å². The lowest BCUT2D eigenvalue weighted by Gasteiger charge is -2.35. The molecule has 1 saturated heterocycles. The second-order valence-electron chi connectivity index (χ2n) is 7.94. The van der Waals surface area contributed by atoms with Gasteiger partial charge in [0, 0.05) is 16.0 Å². The smallest absolute Gasteiger partial charge is 0.256 e. The van der Waals surface area contributed by atoms with E-state index >= 15 is 0 Å². The van der Waals surface area contributed by atoms with Gasteiger partial charge in [0.15, 0.2) is 0 Å². The van der Waals surface area contributed by atoms with Crippen LogP contribution in [0.3, 0.4) is 0 Å². The molecule has 0 aliphatic carbocycles. The molecular weight excluding hydrogens is 404 g/mol. The van der Waals surface area contributed by atoms with Crippen molar-refractivity contribution in [3.63, 3.8) is 0 Å². The molecule has 5 heteroatoms. The number of nitrogens with zero attached hydrogens (tertiary/aromatic N) is 1. The van der Waals surface area contributed by atoms with Gasteiger partial charge < -0.3 is 10.1 Å². The first-order valence-electron chi connectivity index (χ1n) is 11.1. The van der Waals surface area contributed by atoms with Crippen LogP contribution in [-0.2, 0) is 6.42 Å². The van der Waals surface area contributed by atoms with E-state index in [1.807, 2.05) is 42.5 Å². The summed E-state index contributed by atoms with van der Waals surface area (Å²) in [6.07, 6.45) is 4.66. The monoisotopic (exact) mass is 434 g/mol. The van der Waals surface area contributed by atoms with Crippen LogP contribution in [0.25, 0.3) is 0 Å². The highest BCUT2D eigenvalue weighted by molar-refractivity contribution is 7.16. The number of methoxy groups -OCH3 is 1. The summed E-state index contributed by atoms with van der Waals surface area (Å²) in [5.74, 6) is 0.803. The number of hydrogen-bond acceptors (Lipinski definition) is 4. The fourth-order valence-electron chi connectivity index (χ4n) is 4.25. The van der Waals surface area contributed by atoms with Crippen LogP contribution in [0.2, 0.25) is 0 Å². The number of carbonyl (C=O) groups excluding carboxylic acids is 1. The summed E-state index contributed by atoms with van der Waals surface area (Å²) < 4.78 is 5.38. The summed E-state index contributed by atoms with van der Waals surface area (Å²) in [7, 11) is 1.70. The van der Waals surface area contributed by atoms with Crippen molar-refractivity contribution in [3.05, 3.63) is 82.2 Å². The van der Waals surface area contributed by atoms with Gasteiger partial charge in [0.25, 0.3) is 5.91 Å². The minimum atomic E-state index is -0.0570. The van der Waals surface area contributed by atoms with E-state index in [1.165, 1.54) is 35.3 Å². The first-order valence-corrected chi connectivity index (χ1v) is 11.9. The summed E-state index contributed by atoms with van der Waals surface area (Å²) in [6.45, 7) is 4.31. The van der Waals surface area contributed by atoms with E-state index in [0.717, 1.165) is 30.3 Å². The molecule has 1 aliphatic rings. The van der Waals surface area contributed by atoms with Gasteiger partial charge in [0.2, 0.25) is 0 Å². The first-order chi connectivity index (χ1) is 15.2. The zero-order valence-corrected chi connectivity index (χ0v) is 19.1. The molecule has 0 spiro atoms. The average molecular weight is 435 g/mol. The Bertz CT molecular complexity index is 992. The Balaban J connectivity index is 1.72. The molecular formula is C26H30N2O2S. The molecule has 1 atom stereocenters. The molecule has 0 unspecified atom stereocenters. The Labute approximate surface area is 188 Å². The quantitative estimate of drug-likeness (QED) is 0.485. The van der Waals surface area contributed by atoms with Crippen molar-refractivity contribution in [1.82, 2.24) is 4.90 Å². The van der Waals surface area contributed by atoms with E-state index in [4.69, 9.17) is 4.74 Å². The van der Waals surface area contributed by atoms with Crippen LogP contribution < -0.4 is 10.1 Å². The second kappa shape index (κ2) is 10.1. The molecule has 1 N–H and O–H groups in total. The number of likely N-dealkylation sites (tertiary alicyclic amines) is 1. The molecule has 1 amide bonds. The highest BCUT2D eigenvalue weighted by atomic mass is 32.1. The van der Waals surface area contributed by atoms with Gasteiger partial charge in [-0.05, 0) is 68.2 Å². The third-order valence-electron chi connectivity index (χ3n) is 5.91. The van der Waals surface area contributed by atoms with Crippen molar-refractivity contribution >= 4 is 22.2 Å². The number of hydrogen-bond donors (Lipinski definition) is 1. The van der Waals surface area contributed by atoms with Gasteiger partial charge >= 0.3 is 0 Å². The van der Waals surface area contributed by atoms with Crippen molar-refractivity contribution in [3.8, 4) is 5.75 Å². The van der Waals surface area contributed by atoms with E-state index in [2.05, 4.69) is 35.3 Å². The zero-order valence-electron chi connectivity index (χ0n) is 18.3. The van der Waals surface area contributed by atoms with Crippen LogP contribution in [0.5, 0.6) is 5.75 Å². The molecule has 0 bridgehead atoms. The fraction of sp³-hybridized carbons (Fsp3) is 0.346. The fourth-order valence-corrected chi connectivity index (χ4v) is 5.27. The van der Waals surface area contributed by atoms with E-state index < -0.39 is 0 Å². The highest BCUT2D eigenvalue weighted by Crippen LogP contribution is 2.41. The van der Waals surface area contributed by atoms with Gasteiger partial charge in [-0.3, -0.25) is 9.69 Å². The number of aryl methyl sites for hydroxylation is 1. The maximum Gasteiger partial charge on any atom is 0.256 e. The van der Waals surface area contributed by atoms with Crippen LogP contribution in [-0.4, -0.2) is 31.0 Å². The van der Waals surface area contributed by atoms with Crippen molar-refractivity contribution in [2.45, 2.75) is 38.6 Å². The SMILES string of the molecule is CCc1cc([C@H](c2ccc(OC)cc2)N2CCCCC2)c(NC(=O)c2ccccc2)s1. The molecule has 3 aromatic rings. The van der Waals surface area contributed by atoms with Gasteiger partial charge in [-0.1, -0.05) is 43.7 Å². The van der Waals surface area contributed by atoms with Gasteiger partial charge in [0.05, 0.1) is 13.2 Å². The number of anilines is 1. The minimum absolute atomic E-state index is 0.0570. The molecule has 1 aliphatic heterocycles. The Morgan fingerprint density at radius 3 is 2.42 bits per heavy atom. The number of thiophene rings is 1. The number of rotatable bonds is 7. The zero-order chi connectivity index (χ0) is 21.6. The van der Waals surface area contributed by atoms with Gasteiger partial charge in [-0.2, -0.15) is 0 Å². The molecule has 4 nitrogen and oxygen atoms in total. The normalized spacial score (nSPS) is 15.4. The molecule has 0 saturated carbocycles. The standard InChI is InChI=1S/C26H30N2O2S/c1-3-22-18-23(26(31-22)27-25(29)20-10-6-4-7-11-20)24(28-16-8-5-9-17-28)19-12-14-21(30-2)15-13-19/h4,6-7,10-15,18,24H,3,5,8-9,16-17H2,1-2H3,(H,27,29)/t24-/m0/s1. The van der Waals surface area contributed by atoms with Crippen LogP contribution in [0.1, 0.15) is 58.6 Å². The molecule has 0 radical (unpaired) electrons. The summed E-state index contributed by atoms with van der Waals surface area (Å²) in [6, 6.07) is 20.2. The summed E-state index contributed by atoms with van der Waals surface area (Å²) in [5, 5.41) is 4.18. The lowest BCUT2D eigenvalue weighted by molar-refractivity contribution is 0.102. The van der Waals surface area contributed by atoms with Crippen LogP contribution in [0.4, 0.5) is 5.00 Å². The summed E-state index contributed by atoms with van der Waals surface area (Å²) in [5.41, 5.74) is 3.11. The van der Waals surface area contributed by atoms with Crippen molar-refractivity contribution in [2.24, 2.45) is 0 Å². The third kappa shape index (κ3) is 5.00. The molecule has 4 rings (SSSR count).